The summed E-state index contributed by atoms with van der Waals surface area (Å²) in [5.74, 6) is 0. The Morgan fingerprint density at radius 2 is 2.00 bits per heavy atom. The van der Waals surface area contributed by atoms with E-state index >= 15 is 0 Å². The van der Waals surface area contributed by atoms with Gasteiger partial charge in [-0.15, -0.1) is 16.4 Å². The number of halogens is 1. The second kappa shape index (κ2) is 6.13. The molecule has 3 rings (SSSR count). The highest BCUT2D eigenvalue weighted by molar-refractivity contribution is 8.00. The van der Waals surface area contributed by atoms with Crippen molar-refractivity contribution in [3.05, 3.63) is 34.7 Å². The zero-order chi connectivity index (χ0) is 14.8. The van der Waals surface area contributed by atoms with Gasteiger partial charge in [0.15, 0.2) is 4.34 Å². The number of rotatable bonds is 4. The van der Waals surface area contributed by atoms with E-state index in [9.17, 15) is 0 Å². The molecule has 8 heteroatoms. The molecule has 0 amide bonds. The molecule has 2 heterocycles. The molecule has 0 bridgehead atoms. The van der Waals surface area contributed by atoms with Gasteiger partial charge in [0.2, 0.25) is 5.16 Å². The number of nitrogens with zero attached hydrogens (tertiary/aromatic N) is 5. The topological polar surface area (TPSA) is 56.5 Å². The highest BCUT2D eigenvalue weighted by Crippen LogP contribution is 2.32. The van der Waals surface area contributed by atoms with Crippen LogP contribution in [-0.2, 0) is 0 Å². The molecule has 0 aliphatic carbocycles. The molecule has 0 unspecified atom stereocenters. The van der Waals surface area contributed by atoms with Crippen LogP contribution in [-0.4, -0.2) is 25.2 Å². The predicted octanol–water partition coefficient (Wildman–Crippen LogP) is 4.18. The van der Waals surface area contributed by atoms with Gasteiger partial charge in [-0.05, 0) is 48.2 Å². The van der Waals surface area contributed by atoms with E-state index in [1.807, 2.05) is 43.5 Å². The molecule has 0 saturated carbocycles. The van der Waals surface area contributed by atoms with Gasteiger partial charge < -0.3 is 0 Å². The highest BCUT2D eigenvalue weighted by Gasteiger charge is 2.13. The summed E-state index contributed by atoms with van der Waals surface area (Å²) >= 11 is 8.95. The van der Waals surface area contributed by atoms with Crippen LogP contribution in [0.25, 0.3) is 11.3 Å². The Kier molecular flexibility index (Phi) is 4.23. The van der Waals surface area contributed by atoms with Gasteiger partial charge in [-0.2, -0.15) is 0 Å². The summed E-state index contributed by atoms with van der Waals surface area (Å²) in [5.41, 5.74) is 1.98. The summed E-state index contributed by atoms with van der Waals surface area (Å²) < 4.78 is 2.70. The van der Waals surface area contributed by atoms with Gasteiger partial charge in [0.25, 0.3) is 0 Å². The summed E-state index contributed by atoms with van der Waals surface area (Å²) in [7, 11) is 0. The van der Waals surface area contributed by atoms with Crippen LogP contribution in [0.2, 0.25) is 5.02 Å². The molecule has 0 N–H and O–H groups in total. The van der Waals surface area contributed by atoms with E-state index in [0.717, 1.165) is 25.8 Å². The van der Waals surface area contributed by atoms with Crippen molar-refractivity contribution in [3.63, 3.8) is 0 Å². The lowest BCUT2D eigenvalue weighted by Crippen LogP contribution is -2.04. The van der Waals surface area contributed by atoms with Crippen LogP contribution in [0.3, 0.4) is 0 Å². The van der Waals surface area contributed by atoms with Crippen LogP contribution in [0, 0.1) is 0 Å². The van der Waals surface area contributed by atoms with Crippen molar-refractivity contribution in [2.75, 3.05) is 0 Å². The monoisotopic (exact) mass is 337 g/mol. The van der Waals surface area contributed by atoms with Crippen molar-refractivity contribution in [1.29, 1.82) is 0 Å². The van der Waals surface area contributed by atoms with Gasteiger partial charge in [-0.25, -0.2) is 9.67 Å². The largest absolute Gasteiger partial charge is 0.229 e. The van der Waals surface area contributed by atoms with E-state index in [2.05, 4.69) is 20.5 Å². The van der Waals surface area contributed by atoms with E-state index < -0.39 is 0 Å². The van der Waals surface area contributed by atoms with Crippen molar-refractivity contribution in [2.45, 2.75) is 29.4 Å². The minimum Gasteiger partial charge on any atom is -0.229 e. The maximum Gasteiger partial charge on any atom is 0.216 e. The van der Waals surface area contributed by atoms with Crippen LogP contribution in [0.15, 0.2) is 39.1 Å². The SMILES string of the molecule is CC(C)n1nnnc1Sc1nc(-c2ccc(Cl)cc2)cs1. The summed E-state index contributed by atoms with van der Waals surface area (Å²) in [6.07, 6.45) is 0. The van der Waals surface area contributed by atoms with Crippen LogP contribution in [0.1, 0.15) is 19.9 Å². The van der Waals surface area contributed by atoms with Gasteiger partial charge in [0.1, 0.15) is 0 Å². The molecule has 3 aromatic rings. The fourth-order valence-electron chi connectivity index (χ4n) is 1.71. The molecule has 0 radical (unpaired) electrons. The molecule has 1 aromatic carbocycles. The molecule has 0 aliphatic rings. The van der Waals surface area contributed by atoms with Gasteiger partial charge in [-0.3, -0.25) is 0 Å². The molecule has 2 aromatic heterocycles. The van der Waals surface area contributed by atoms with Gasteiger partial charge in [0, 0.05) is 16.0 Å². The Labute approximate surface area is 135 Å². The van der Waals surface area contributed by atoms with Crippen molar-refractivity contribution in [1.82, 2.24) is 25.2 Å². The minimum absolute atomic E-state index is 0.221. The van der Waals surface area contributed by atoms with E-state index in [-0.39, 0.29) is 6.04 Å². The van der Waals surface area contributed by atoms with Gasteiger partial charge in [-0.1, -0.05) is 23.7 Å². The molecule has 0 atom stereocenters. The first kappa shape index (κ1) is 14.5. The lowest BCUT2D eigenvalue weighted by molar-refractivity contribution is 0.477. The smallest absolute Gasteiger partial charge is 0.216 e. The number of benzene rings is 1. The maximum atomic E-state index is 5.90. The first-order valence-electron chi connectivity index (χ1n) is 6.30. The third-order valence-corrected chi connectivity index (χ3v) is 4.90. The Balaban J connectivity index is 1.82. The highest BCUT2D eigenvalue weighted by atomic mass is 35.5. The van der Waals surface area contributed by atoms with Gasteiger partial charge >= 0.3 is 0 Å². The second-order valence-corrected chi connectivity index (χ2v) is 7.12. The lowest BCUT2D eigenvalue weighted by atomic mass is 10.2. The van der Waals surface area contributed by atoms with Crippen molar-refractivity contribution >= 4 is 34.7 Å². The average Bonchev–Trinajstić information content (AvgIpc) is 3.09. The normalized spacial score (nSPS) is 11.2. The second-order valence-electron chi connectivity index (χ2n) is 4.61. The number of hydrogen-bond donors (Lipinski definition) is 0. The van der Waals surface area contributed by atoms with Crippen LogP contribution in [0.5, 0.6) is 0 Å². The van der Waals surface area contributed by atoms with E-state index in [1.54, 1.807) is 16.0 Å². The average molecular weight is 338 g/mol. The molecule has 0 fully saturated rings. The molecule has 21 heavy (non-hydrogen) atoms. The van der Waals surface area contributed by atoms with E-state index in [4.69, 9.17) is 11.6 Å². The molecule has 5 nitrogen and oxygen atoms in total. The third-order valence-electron chi connectivity index (χ3n) is 2.75. The van der Waals surface area contributed by atoms with E-state index in [1.165, 1.54) is 11.8 Å². The van der Waals surface area contributed by atoms with Gasteiger partial charge in [0.05, 0.1) is 11.7 Å². The number of hydrogen-bond acceptors (Lipinski definition) is 6. The number of thiazole rings is 1. The van der Waals surface area contributed by atoms with Crippen LogP contribution in [0.4, 0.5) is 0 Å². The van der Waals surface area contributed by atoms with Crippen LogP contribution < -0.4 is 0 Å². The van der Waals surface area contributed by atoms with Crippen molar-refractivity contribution in [3.8, 4) is 11.3 Å². The fourth-order valence-corrected chi connectivity index (χ4v) is 3.67. The Morgan fingerprint density at radius 1 is 1.24 bits per heavy atom. The first-order chi connectivity index (χ1) is 10.1. The molecule has 0 aliphatic heterocycles. The van der Waals surface area contributed by atoms with Crippen molar-refractivity contribution in [2.24, 2.45) is 0 Å². The third kappa shape index (κ3) is 3.25. The van der Waals surface area contributed by atoms with E-state index in [0.29, 0.717) is 0 Å². The molecule has 0 spiro atoms. The summed E-state index contributed by atoms with van der Waals surface area (Å²) in [5, 5.41) is 15.2. The minimum atomic E-state index is 0.221. The molecule has 0 saturated heterocycles. The van der Waals surface area contributed by atoms with Crippen LogP contribution >= 0.6 is 34.7 Å². The Morgan fingerprint density at radius 3 is 2.71 bits per heavy atom. The lowest BCUT2D eigenvalue weighted by Gasteiger charge is -2.05. The maximum absolute atomic E-state index is 5.90. The molecular weight excluding hydrogens is 326 g/mol. The Bertz CT molecular complexity index is 735. The first-order valence-corrected chi connectivity index (χ1v) is 8.38. The molecular formula is C13H12ClN5S2. The quantitative estimate of drug-likeness (QED) is 0.714. The number of tetrazole rings is 1. The Hall–Kier alpha value is -1.44. The van der Waals surface area contributed by atoms with Crippen molar-refractivity contribution < 1.29 is 0 Å². The summed E-state index contributed by atoms with van der Waals surface area (Å²) in [6, 6.07) is 7.87. The zero-order valence-corrected chi connectivity index (χ0v) is 13.8. The molecule has 108 valence electrons. The summed E-state index contributed by atoms with van der Waals surface area (Å²) in [6.45, 7) is 4.09. The predicted molar refractivity (Wildman–Crippen MR) is 84.9 cm³/mol. The fraction of sp³-hybridized carbons (Fsp3) is 0.231. The summed E-state index contributed by atoms with van der Waals surface area (Å²) in [4.78, 5) is 4.61. The standard InChI is InChI=1S/C13H12ClN5S2/c1-8(2)19-12(16-17-18-19)21-13-15-11(7-20-13)9-3-5-10(14)6-4-9/h3-8H,1-2H3. The number of aromatic nitrogens is 5. The zero-order valence-electron chi connectivity index (χ0n) is 11.4.